The molecule has 2 aromatic heterocycles. The van der Waals surface area contributed by atoms with Crippen LogP contribution in [0.1, 0.15) is 41.4 Å². The second-order valence-electron chi connectivity index (χ2n) is 8.69. The van der Waals surface area contributed by atoms with Gasteiger partial charge in [-0.2, -0.15) is 0 Å². The highest BCUT2D eigenvalue weighted by molar-refractivity contribution is 7.92. The standard InChI is InChI=1S/C25H24N4O4S/c1-14(2)34(32,33)17-9-7-15(8-10-17)20-13-27-24-23(28-20)19(12-26-24)25(31)29-22-18-6-4-3-5-16(18)11-21(22)30/h3-10,12-14,21-22,30H,11H2,1-2H3,(H,26,27)(H,29,31)/t21-,22+/m1/s1. The van der Waals surface area contributed by atoms with Crippen molar-refractivity contribution in [3.63, 3.8) is 0 Å². The maximum atomic E-state index is 13.1. The second-order valence-corrected chi connectivity index (χ2v) is 11.2. The minimum absolute atomic E-state index is 0.248. The van der Waals surface area contributed by atoms with Gasteiger partial charge in [0.2, 0.25) is 0 Å². The molecule has 0 saturated carbocycles. The molecule has 3 N–H and O–H groups in total. The number of nitrogens with one attached hydrogen (secondary N) is 2. The molecule has 0 spiro atoms. The Morgan fingerprint density at radius 2 is 1.88 bits per heavy atom. The summed E-state index contributed by atoms with van der Waals surface area (Å²) < 4.78 is 24.8. The molecular formula is C25H24N4O4S. The normalized spacial score (nSPS) is 17.8. The zero-order chi connectivity index (χ0) is 24.0. The lowest BCUT2D eigenvalue weighted by Crippen LogP contribution is -2.33. The summed E-state index contributed by atoms with van der Waals surface area (Å²) in [6, 6.07) is 13.6. The van der Waals surface area contributed by atoms with Gasteiger partial charge in [0, 0.05) is 18.2 Å². The first kappa shape index (κ1) is 22.2. The Kier molecular flexibility index (Phi) is 5.45. The molecule has 2 heterocycles. The number of rotatable bonds is 5. The first-order chi connectivity index (χ1) is 16.3. The van der Waals surface area contributed by atoms with E-state index in [1.54, 1.807) is 50.5 Å². The average molecular weight is 477 g/mol. The lowest BCUT2D eigenvalue weighted by Gasteiger charge is -2.17. The van der Waals surface area contributed by atoms with Gasteiger partial charge in [-0.15, -0.1) is 0 Å². The number of benzene rings is 2. The van der Waals surface area contributed by atoms with Crippen molar-refractivity contribution in [1.82, 2.24) is 20.3 Å². The zero-order valence-corrected chi connectivity index (χ0v) is 19.5. The summed E-state index contributed by atoms with van der Waals surface area (Å²) in [5, 5.41) is 12.9. The number of carbonyl (C=O) groups excluding carboxylic acids is 1. The summed E-state index contributed by atoms with van der Waals surface area (Å²) in [5.41, 5.74) is 4.30. The van der Waals surface area contributed by atoms with Crippen LogP contribution in [-0.2, 0) is 16.3 Å². The molecule has 0 bridgehead atoms. The van der Waals surface area contributed by atoms with Crippen molar-refractivity contribution in [3.05, 3.63) is 77.6 Å². The van der Waals surface area contributed by atoms with Gasteiger partial charge in [0.25, 0.3) is 5.91 Å². The van der Waals surface area contributed by atoms with Crippen molar-refractivity contribution in [2.24, 2.45) is 0 Å². The van der Waals surface area contributed by atoms with Crippen LogP contribution in [0.25, 0.3) is 22.4 Å². The van der Waals surface area contributed by atoms with E-state index < -0.39 is 27.2 Å². The predicted octanol–water partition coefficient (Wildman–Crippen LogP) is 3.20. The molecule has 5 rings (SSSR count). The molecular weight excluding hydrogens is 452 g/mol. The Balaban J connectivity index is 1.44. The molecule has 9 heteroatoms. The number of H-pyrrole nitrogens is 1. The summed E-state index contributed by atoms with van der Waals surface area (Å²) >= 11 is 0. The largest absolute Gasteiger partial charge is 0.390 e. The molecule has 34 heavy (non-hydrogen) atoms. The zero-order valence-electron chi connectivity index (χ0n) is 18.7. The van der Waals surface area contributed by atoms with E-state index in [0.717, 1.165) is 11.1 Å². The third-order valence-corrected chi connectivity index (χ3v) is 8.39. The number of aromatic nitrogens is 3. The topological polar surface area (TPSA) is 125 Å². The molecule has 174 valence electrons. The fraction of sp³-hybridized carbons (Fsp3) is 0.240. The van der Waals surface area contributed by atoms with E-state index in [1.807, 2.05) is 24.3 Å². The SMILES string of the molecule is CC(C)S(=O)(=O)c1ccc(-c2cnc3[nH]cc(C(=O)N[C@H]4c5ccccc5C[C@H]4O)c3n2)cc1. The highest BCUT2D eigenvalue weighted by atomic mass is 32.2. The molecule has 8 nitrogen and oxygen atoms in total. The lowest BCUT2D eigenvalue weighted by atomic mass is 10.1. The highest BCUT2D eigenvalue weighted by Gasteiger charge is 2.32. The smallest absolute Gasteiger partial charge is 0.255 e. The van der Waals surface area contributed by atoms with Gasteiger partial charge in [-0.25, -0.2) is 18.4 Å². The maximum absolute atomic E-state index is 13.1. The molecule has 0 radical (unpaired) electrons. The average Bonchev–Trinajstić information content (AvgIpc) is 3.39. The quantitative estimate of drug-likeness (QED) is 0.406. The van der Waals surface area contributed by atoms with Crippen molar-refractivity contribution in [1.29, 1.82) is 0 Å². The number of hydrogen-bond acceptors (Lipinski definition) is 6. The second kappa shape index (κ2) is 8.34. The van der Waals surface area contributed by atoms with Crippen LogP contribution < -0.4 is 5.32 Å². The number of sulfone groups is 1. The molecule has 0 fully saturated rings. The van der Waals surface area contributed by atoms with Crippen LogP contribution in [0.4, 0.5) is 0 Å². The molecule has 0 unspecified atom stereocenters. The number of amides is 1. The number of aliphatic hydroxyl groups excluding tert-OH is 1. The van der Waals surface area contributed by atoms with Crippen molar-refractivity contribution in [2.75, 3.05) is 0 Å². The van der Waals surface area contributed by atoms with Gasteiger partial charge in [-0.1, -0.05) is 36.4 Å². The van der Waals surface area contributed by atoms with Crippen molar-refractivity contribution in [2.45, 2.75) is 42.6 Å². The number of hydrogen-bond donors (Lipinski definition) is 3. The molecule has 4 aromatic rings. The van der Waals surface area contributed by atoms with Crippen LogP contribution in [0.15, 0.2) is 65.8 Å². The molecule has 2 aromatic carbocycles. The summed E-state index contributed by atoms with van der Waals surface area (Å²) in [5.74, 6) is -0.364. The van der Waals surface area contributed by atoms with Crippen LogP contribution in [0.2, 0.25) is 0 Å². The molecule has 1 amide bonds. The Labute approximate surface area is 197 Å². The molecule has 0 saturated heterocycles. The number of carbonyl (C=O) groups is 1. The van der Waals surface area contributed by atoms with Gasteiger partial charge in [0.05, 0.1) is 39.7 Å². The third kappa shape index (κ3) is 3.76. The van der Waals surface area contributed by atoms with Crippen molar-refractivity contribution < 1.29 is 18.3 Å². The molecule has 1 aliphatic rings. The maximum Gasteiger partial charge on any atom is 0.255 e. The molecule has 2 atom stereocenters. The van der Waals surface area contributed by atoms with Crippen LogP contribution in [0.3, 0.4) is 0 Å². The van der Waals surface area contributed by atoms with Gasteiger partial charge in [-0.3, -0.25) is 4.79 Å². The lowest BCUT2D eigenvalue weighted by molar-refractivity contribution is 0.0859. The van der Waals surface area contributed by atoms with Gasteiger partial charge >= 0.3 is 0 Å². The Morgan fingerprint density at radius 3 is 2.62 bits per heavy atom. The molecule has 1 aliphatic carbocycles. The van der Waals surface area contributed by atoms with E-state index >= 15 is 0 Å². The van der Waals surface area contributed by atoms with Gasteiger partial charge in [0.15, 0.2) is 15.5 Å². The van der Waals surface area contributed by atoms with Gasteiger partial charge in [0.1, 0.15) is 5.52 Å². The Morgan fingerprint density at radius 1 is 1.15 bits per heavy atom. The summed E-state index contributed by atoms with van der Waals surface area (Å²) in [4.78, 5) is 25.3. The Bertz CT molecular complexity index is 1490. The van der Waals surface area contributed by atoms with Crippen LogP contribution in [0, 0.1) is 0 Å². The predicted molar refractivity (Wildman–Crippen MR) is 128 cm³/mol. The fourth-order valence-corrected chi connectivity index (χ4v) is 5.32. The Hall–Kier alpha value is -3.56. The minimum Gasteiger partial charge on any atom is -0.390 e. The van der Waals surface area contributed by atoms with E-state index in [0.29, 0.717) is 34.4 Å². The van der Waals surface area contributed by atoms with E-state index in [2.05, 4.69) is 20.3 Å². The number of aliphatic hydroxyl groups is 1. The fourth-order valence-electron chi connectivity index (χ4n) is 4.26. The van der Waals surface area contributed by atoms with Crippen LogP contribution >= 0.6 is 0 Å². The van der Waals surface area contributed by atoms with E-state index in [9.17, 15) is 18.3 Å². The van der Waals surface area contributed by atoms with E-state index in [1.165, 1.54) is 0 Å². The third-order valence-electron chi connectivity index (χ3n) is 6.22. The highest BCUT2D eigenvalue weighted by Crippen LogP contribution is 2.32. The van der Waals surface area contributed by atoms with Gasteiger partial charge < -0.3 is 15.4 Å². The number of fused-ring (bicyclic) bond motifs is 2. The monoisotopic (exact) mass is 476 g/mol. The number of aromatic amines is 1. The summed E-state index contributed by atoms with van der Waals surface area (Å²) in [6.45, 7) is 3.29. The van der Waals surface area contributed by atoms with Crippen LogP contribution in [0.5, 0.6) is 0 Å². The minimum atomic E-state index is -3.37. The first-order valence-electron chi connectivity index (χ1n) is 11.0. The first-order valence-corrected chi connectivity index (χ1v) is 12.6. The van der Waals surface area contributed by atoms with Crippen molar-refractivity contribution in [3.8, 4) is 11.3 Å². The van der Waals surface area contributed by atoms with Gasteiger partial charge in [-0.05, 0) is 37.1 Å². The van der Waals surface area contributed by atoms with Crippen LogP contribution in [-0.4, -0.2) is 45.7 Å². The number of nitrogens with zero attached hydrogens (tertiary/aromatic N) is 2. The summed E-state index contributed by atoms with van der Waals surface area (Å²) in [6.07, 6.45) is 2.91. The van der Waals surface area contributed by atoms with E-state index in [4.69, 9.17) is 0 Å². The van der Waals surface area contributed by atoms with Crippen molar-refractivity contribution >= 4 is 26.9 Å². The van der Waals surface area contributed by atoms with E-state index in [-0.39, 0.29) is 10.8 Å². The summed E-state index contributed by atoms with van der Waals surface area (Å²) in [7, 11) is -3.37. The molecule has 0 aliphatic heterocycles.